The Morgan fingerprint density at radius 2 is 1.67 bits per heavy atom. The fraction of sp³-hybridized carbons (Fsp3) is 0.381. The van der Waals surface area contributed by atoms with Crippen LogP contribution in [-0.4, -0.2) is 61.7 Å². The first-order valence-electron chi connectivity index (χ1n) is 10.4. The molecule has 1 saturated heterocycles. The second kappa shape index (κ2) is 9.40. The van der Waals surface area contributed by atoms with E-state index in [1.54, 1.807) is 24.3 Å². The summed E-state index contributed by atoms with van der Waals surface area (Å²) < 4.78 is 42.5. The summed E-state index contributed by atoms with van der Waals surface area (Å²) in [4.78, 5) is 13.0. The minimum Gasteiger partial charge on any atom is -0.338 e. The quantitative estimate of drug-likeness (QED) is 0.415. The Balaban J connectivity index is 1.50. The Bertz CT molecular complexity index is 1170. The van der Waals surface area contributed by atoms with Crippen molar-refractivity contribution in [3.63, 3.8) is 0 Å². The van der Waals surface area contributed by atoms with Crippen LogP contribution in [0.3, 0.4) is 0 Å². The number of hydrogen-bond acceptors (Lipinski definition) is 7. The van der Waals surface area contributed by atoms with Crippen molar-refractivity contribution in [3.05, 3.63) is 63.9 Å². The first kappa shape index (κ1) is 23.1. The van der Waals surface area contributed by atoms with Gasteiger partial charge in [0.15, 0.2) is 0 Å². The minimum absolute atomic E-state index is 0.116. The second-order valence-corrected chi connectivity index (χ2v) is 8.13. The zero-order chi connectivity index (χ0) is 23.6. The lowest BCUT2D eigenvalue weighted by Crippen LogP contribution is -2.47. The predicted molar refractivity (Wildman–Crippen MR) is 121 cm³/mol. The molecule has 0 atom stereocenters. The average Bonchev–Trinajstić information content (AvgIpc) is 3.08. The first-order chi connectivity index (χ1) is 15.7. The van der Waals surface area contributed by atoms with Gasteiger partial charge in [0.2, 0.25) is 10.7 Å². The van der Waals surface area contributed by atoms with Gasteiger partial charge in [-0.25, -0.2) is 14.6 Å². The zero-order valence-electron chi connectivity index (χ0n) is 18.2. The van der Waals surface area contributed by atoms with Crippen LogP contribution < -0.4 is 4.90 Å². The van der Waals surface area contributed by atoms with E-state index >= 15 is 0 Å². The highest BCUT2D eigenvalue weighted by molar-refractivity contribution is 7.71. The Kier molecular flexibility index (Phi) is 6.56. The standard InChI is InChI=1S/C21H23F3N8S/c1-15-12-16(2)27-19(26-15)30-10-8-29(9-11-30)14-31-20(33)32(18(28-31)21(22,23)24)25-13-17-6-4-3-5-7-17/h3-7,12-13H,8-11,14H2,1-2H3/b25-13+. The maximum Gasteiger partial charge on any atom is 0.453 e. The largest absolute Gasteiger partial charge is 0.453 e. The van der Waals surface area contributed by atoms with Gasteiger partial charge in [-0.2, -0.15) is 22.9 Å². The highest BCUT2D eigenvalue weighted by atomic mass is 32.1. The van der Waals surface area contributed by atoms with E-state index in [1.807, 2.05) is 30.9 Å². The topological polar surface area (TPSA) is 67.4 Å². The number of piperazine rings is 1. The molecule has 0 amide bonds. The first-order valence-corrected chi connectivity index (χ1v) is 10.8. The molecule has 1 aromatic carbocycles. The third-order valence-electron chi connectivity index (χ3n) is 5.15. The van der Waals surface area contributed by atoms with Crippen molar-refractivity contribution in [1.82, 2.24) is 29.3 Å². The molecule has 8 nitrogen and oxygen atoms in total. The summed E-state index contributed by atoms with van der Waals surface area (Å²) in [5.41, 5.74) is 2.45. The fourth-order valence-electron chi connectivity index (χ4n) is 3.56. The molecule has 0 spiro atoms. The summed E-state index contributed by atoms with van der Waals surface area (Å²) in [6.45, 7) is 6.50. The molecule has 4 rings (SSSR count). The molecule has 0 saturated carbocycles. The van der Waals surface area contributed by atoms with Crippen molar-refractivity contribution in [2.75, 3.05) is 31.1 Å². The molecule has 0 bridgehead atoms. The van der Waals surface area contributed by atoms with Crippen molar-refractivity contribution in [3.8, 4) is 0 Å². The second-order valence-electron chi connectivity index (χ2n) is 7.77. The molecule has 0 radical (unpaired) electrons. The molecule has 0 N–H and O–H groups in total. The summed E-state index contributed by atoms with van der Waals surface area (Å²) >= 11 is 5.29. The van der Waals surface area contributed by atoms with Crippen LogP contribution >= 0.6 is 12.2 Å². The molecule has 0 aliphatic carbocycles. The highest BCUT2D eigenvalue weighted by Gasteiger charge is 2.39. The lowest BCUT2D eigenvalue weighted by molar-refractivity contribution is -0.147. The monoisotopic (exact) mass is 476 g/mol. The molecule has 0 unspecified atom stereocenters. The number of hydrogen-bond donors (Lipinski definition) is 0. The van der Waals surface area contributed by atoms with Crippen LogP contribution in [-0.2, 0) is 12.8 Å². The van der Waals surface area contributed by atoms with Gasteiger partial charge in [-0.1, -0.05) is 30.3 Å². The van der Waals surface area contributed by atoms with E-state index in [0.29, 0.717) is 42.4 Å². The summed E-state index contributed by atoms with van der Waals surface area (Å²) in [5, 5.41) is 7.71. The van der Waals surface area contributed by atoms with Gasteiger partial charge >= 0.3 is 6.18 Å². The molecule has 174 valence electrons. The third kappa shape index (κ3) is 5.45. The van der Waals surface area contributed by atoms with Crippen LogP contribution in [0.4, 0.5) is 19.1 Å². The van der Waals surface area contributed by atoms with Crippen molar-refractivity contribution >= 4 is 24.4 Å². The molecular weight excluding hydrogens is 453 g/mol. The number of anilines is 1. The Morgan fingerprint density at radius 3 is 2.27 bits per heavy atom. The third-order valence-corrected chi connectivity index (χ3v) is 5.54. The van der Waals surface area contributed by atoms with E-state index < -0.39 is 12.0 Å². The fourth-order valence-corrected chi connectivity index (χ4v) is 3.80. The summed E-state index contributed by atoms with van der Waals surface area (Å²) in [7, 11) is 0. The molecular formula is C21H23F3N8S. The number of benzene rings is 1. The van der Waals surface area contributed by atoms with Crippen molar-refractivity contribution in [1.29, 1.82) is 0 Å². The molecule has 1 aliphatic heterocycles. The van der Waals surface area contributed by atoms with E-state index in [9.17, 15) is 13.2 Å². The summed E-state index contributed by atoms with van der Waals surface area (Å²) in [5.74, 6) is -0.482. The van der Waals surface area contributed by atoms with Gasteiger partial charge in [0, 0.05) is 37.6 Å². The summed E-state index contributed by atoms with van der Waals surface area (Å²) in [6, 6.07) is 10.8. The molecule has 3 heterocycles. The molecule has 33 heavy (non-hydrogen) atoms. The van der Waals surface area contributed by atoms with Gasteiger partial charge in [-0.05, 0) is 37.7 Å². The normalized spacial score (nSPS) is 15.5. The Morgan fingerprint density at radius 1 is 1.03 bits per heavy atom. The SMILES string of the molecule is Cc1cc(C)nc(N2CCN(Cn3nc(C(F)(F)F)n(/N=C/c4ccccc4)c3=S)CC2)n1. The van der Waals surface area contributed by atoms with E-state index in [1.165, 1.54) is 10.9 Å². The smallest absolute Gasteiger partial charge is 0.338 e. The van der Waals surface area contributed by atoms with Crippen LogP contribution in [0.5, 0.6) is 0 Å². The van der Waals surface area contributed by atoms with Gasteiger partial charge in [-0.3, -0.25) is 4.90 Å². The van der Waals surface area contributed by atoms with Gasteiger partial charge < -0.3 is 4.90 Å². The summed E-state index contributed by atoms with van der Waals surface area (Å²) in [6.07, 6.45) is -3.36. The van der Waals surface area contributed by atoms with Gasteiger partial charge in [0.1, 0.15) is 0 Å². The lowest BCUT2D eigenvalue weighted by Gasteiger charge is -2.34. The maximum atomic E-state index is 13.6. The van der Waals surface area contributed by atoms with Crippen LogP contribution in [0, 0.1) is 18.6 Å². The average molecular weight is 477 g/mol. The number of rotatable bonds is 5. The number of aryl methyl sites for hydroxylation is 2. The molecule has 3 aromatic rings. The minimum atomic E-state index is -4.69. The van der Waals surface area contributed by atoms with E-state index in [0.717, 1.165) is 11.4 Å². The van der Waals surface area contributed by atoms with Crippen LogP contribution in [0.1, 0.15) is 22.8 Å². The van der Waals surface area contributed by atoms with E-state index in [4.69, 9.17) is 12.2 Å². The number of nitrogens with zero attached hydrogens (tertiary/aromatic N) is 8. The van der Waals surface area contributed by atoms with Gasteiger partial charge in [-0.15, -0.1) is 5.10 Å². The number of halogens is 3. The van der Waals surface area contributed by atoms with Gasteiger partial charge in [0.25, 0.3) is 5.82 Å². The van der Waals surface area contributed by atoms with Crippen LogP contribution in [0.15, 0.2) is 41.5 Å². The predicted octanol–water partition coefficient (Wildman–Crippen LogP) is 3.50. The van der Waals surface area contributed by atoms with Crippen LogP contribution in [0.25, 0.3) is 0 Å². The maximum absolute atomic E-state index is 13.6. The molecule has 12 heteroatoms. The molecule has 2 aromatic heterocycles. The van der Waals surface area contributed by atoms with Crippen molar-refractivity contribution in [2.45, 2.75) is 26.7 Å². The molecule has 1 fully saturated rings. The lowest BCUT2D eigenvalue weighted by atomic mass is 10.2. The van der Waals surface area contributed by atoms with Gasteiger partial charge in [0.05, 0.1) is 12.9 Å². The Labute approximate surface area is 194 Å². The zero-order valence-corrected chi connectivity index (χ0v) is 19.0. The Hall–Kier alpha value is -3.12. The van der Waals surface area contributed by atoms with Crippen molar-refractivity contribution in [2.24, 2.45) is 5.10 Å². The molecule has 1 aliphatic rings. The van der Waals surface area contributed by atoms with E-state index in [2.05, 4.69) is 25.1 Å². The van der Waals surface area contributed by atoms with Crippen LogP contribution in [0.2, 0.25) is 0 Å². The highest BCUT2D eigenvalue weighted by Crippen LogP contribution is 2.28. The number of alkyl halides is 3. The van der Waals surface area contributed by atoms with E-state index in [-0.39, 0.29) is 11.4 Å². The van der Waals surface area contributed by atoms with Crippen molar-refractivity contribution < 1.29 is 13.2 Å². The number of aromatic nitrogens is 5.